The minimum absolute atomic E-state index is 0.000481. The first kappa shape index (κ1) is 11.9. The number of carboxylic acids is 1. The van der Waals surface area contributed by atoms with Crippen LogP contribution in [0.5, 0.6) is 0 Å². The zero-order valence-electron chi connectivity index (χ0n) is 8.47. The van der Waals surface area contributed by atoms with E-state index in [9.17, 15) is 14.4 Å². The average Bonchev–Trinajstić information content (AvgIpc) is 2.26. The van der Waals surface area contributed by atoms with Gasteiger partial charge in [0.05, 0.1) is 5.56 Å². The van der Waals surface area contributed by atoms with E-state index in [1.54, 1.807) is 0 Å². The molecule has 0 saturated heterocycles. The van der Waals surface area contributed by atoms with Crippen LogP contribution < -0.4 is 5.73 Å². The normalized spacial score (nSPS) is 9.75. The van der Waals surface area contributed by atoms with Gasteiger partial charge in [-0.1, -0.05) is 12.1 Å². The maximum Gasteiger partial charge on any atom is 0.335 e. The summed E-state index contributed by atoms with van der Waals surface area (Å²) in [6.45, 7) is 0. The predicted molar refractivity (Wildman–Crippen MR) is 56.2 cm³/mol. The fourth-order valence-electron chi connectivity index (χ4n) is 1.18. The van der Waals surface area contributed by atoms with Crippen molar-refractivity contribution in [3.63, 3.8) is 0 Å². The molecule has 0 bridgehead atoms. The van der Waals surface area contributed by atoms with E-state index in [-0.39, 0.29) is 24.2 Å². The smallest absolute Gasteiger partial charge is 0.335 e. The van der Waals surface area contributed by atoms with Crippen molar-refractivity contribution in [3.05, 3.63) is 35.4 Å². The van der Waals surface area contributed by atoms with E-state index in [4.69, 9.17) is 10.8 Å². The highest BCUT2D eigenvalue weighted by Gasteiger charge is 2.08. The monoisotopic (exact) mass is 221 g/mol. The minimum atomic E-state index is -1.05. The summed E-state index contributed by atoms with van der Waals surface area (Å²) < 4.78 is 0. The lowest BCUT2D eigenvalue weighted by Gasteiger charge is -2.00. The number of rotatable bonds is 5. The molecule has 16 heavy (non-hydrogen) atoms. The Balaban J connectivity index is 2.70. The van der Waals surface area contributed by atoms with E-state index < -0.39 is 11.9 Å². The van der Waals surface area contributed by atoms with E-state index in [0.29, 0.717) is 5.56 Å². The van der Waals surface area contributed by atoms with Gasteiger partial charge in [-0.05, 0) is 12.1 Å². The second-order valence-electron chi connectivity index (χ2n) is 3.27. The SMILES string of the molecule is NC(=O)CCC(=O)c1ccc(C(=O)O)cc1. The molecule has 5 heteroatoms. The van der Waals surface area contributed by atoms with Gasteiger partial charge in [-0.3, -0.25) is 9.59 Å². The van der Waals surface area contributed by atoms with E-state index in [2.05, 4.69) is 0 Å². The van der Waals surface area contributed by atoms with Crippen LogP contribution in [0, 0.1) is 0 Å². The van der Waals surface area contributed by atoms with Crippen LogP contribution in [-0.2, 0) is 4.79 Å². The number of ketones is 1. The van der Waals surface area contributed by atoms with Gasteiger partial charge < -0.3 is 10.8 Å². The average molecular weight is 221 g/mol. The highest BCUT2D eigenvalue weighted by molar-refractivity contribution is 5.98. The Kier molecular flexibility index (Phi) is 3.77. The second-order valence-corrected chi connectivity index (χ2v) is 3.27. The molecule has 3 N–H and O–H groups in total. The lowest BCUT2D eigenvalue weighted by Crippen LogP contribution is -2.12. The van der Waals surface area contributed by atoms with Crippen molar-refractivity contribution in [1.82, 2.24) is 0 Å². The number of carboxylic acid groups (broad SMARTS) is 1. The molecule has 0 radical (unpaired) electrons. The van der Waals surface area contributed by atoms with Gasteiger partial charge in [0.2, 0.25) is 5.91 Å². The summed E-state index contributed by atoms with van der Waals surface area (Å²) >= 11 is 0. The third-order valence-corrected chi connectivity index (χ3v) is 2.05. The molecular formula is C11H11NO4. The van der Waals surface area contributed by atoms with Crippen LogP contribution >= 0.6 is 0 Å². The molecule has 0 aliphatic heterocycles. The van der Waals surface area contributed by atoms with Crippen molar-refractivity contribution >= 4 is 17.7 Å². The summed E-state index contributed by atoms with van der Waals surface area (Å²) in [5.41, 5.74) is 5.41. The van der Waals surface area contributed by atoms with Gasteiger partial charge in [0, 0.05) is 18.4 Å². The first-order valence-electron chi connectivity index (χ1n) is 4.65. The molecule has 0 unspecified atom stereocenters. The molecule has 0 aromatic heterocycles. The second kappa shape index (κ2) is 5.06. The zero-order chi connectivity index (χ0) is 12.1. The fraction of sp³-hybridized carbons (Fsp3) is 0.182. The summed E-state index contributed by atoms with van der Waals surface area (Å²) in [7, 11) is 0. The molecule has 0 spiro atoms. The van der Waals surface area contributed by atoms with Gasteiger partial charge >= 0.3 is 5.97 Å². The lowest BCUT2D eigenvalue weighted by atomic mass is 10.0. The highest BCUT2D eigenvalue weighted by atomic mass is 16.4. The van der Waals surface area contributed by atoms with E-state index in [1.807, 2.05) is 0 Å². The molecule has 0 fully saturated rings. The molecule has 5 nitrogen and oxygen atoms in total. The highest BCUT2D eigenvalue weighted by Crippen LogP contribution is 2.08. The Morgan fingerprint density at radius 1 is 1.00 bits per heavy atom. The third-order valence-electron chi connectivity index (χ3n) is 2.05. The topological polar surface area (TPSA) is 97.5 Å². The number of benzene rings is 1. The molecule has 1 rings (SSSR count). The zero-order valence-corrected chi connectivity index (χ0v) is 8.47. The van der Waals surface area contributed by atoms with Crippen molar-refractivity contribution in [2.45, 2.75) is 12.8 Å². The van der Waals surface area contributed by atoms with E-state index in [1.165, 1.54) is 24.3 Å². The van der Waals surface area contributed by atoms with Crippen LogP contribution in [0.4, 0.5) is 0 Å². The van der Waals surface area contributed by atoms with Crippen LogP contribution in [0.1, 0.15) is 33.6 Å². The number of nitrogens with two attached hydrogens (primary N) is 1. The Hall–Kier alpha value is -2.17. The number of amides is 1. The van der Waals surface area contributed by atoms with Crippen molar-refractivity contribution < 1.29 is 19.5 Å². The molecule has 0 atom stereocenters. The van der Waals surface area contributed by atoms with E-state index in [0.717, 1.165) is 0 Å². The van der Waals surface area contributed by atoms with Crippen LogP contribution in [0.3, 0.4) is 0 Å². The number of aromatic carboxylic acids is 1. The predicted octanol–water partition coefficient (Wildman–Crippen LogP) is 0.833. The van der Waals surface area contributed by atoms with Crippen LogP contribution in [0.2, 0.25) is 0 Å². The van der Waals surface area contributed by atoms with Crippen LogP contribution in [0.25, 0.3) is 0 Å². The minimum Gasteiger partial charge on any atom is -0.478 e. The largest absolute Gasteiger partial charge is 0.478 e. The first-order chi connectivity index (χ1) is 7.50. The van der Waals surface area contributed by atoms with Gasteiger partial charge in [0.1, 0.15) is 0 Å². The fourth-order valence-corrected chi connectivity index (χ4v) is 1.18. The molecule has 1 aromatic carbocycles. The van der Waals surface area contributed by atoms with Gasteiger partial charge in [-0.2, -0.15) is 0 Å². The Bertz CT molecular complexity index is 422. The summed E-state index contributed by atoms with van der Waals surface area (Å²) in [6, 6.07) is 5.54. The van der Waals surface area contributed by atoms with Crippen LogP contribution in [0.15, 0.2) is 24.3 Å². The molecule has 0 heterocycles. The Morgan fingerprint density at radius 2 is 1.50 bits per heavy atom. The molecule has 1 amide bonds. The molecule has 84 valence electrons. The number of carbonyl (C=O) groups excluding carboxylic acids is 2. The molecule has 1 aromatic rings. The molecule has 0 aliphatic rings. The number of Topliss-reactive ketones (excluding diaryl/α,β-unsaturated/α-hetero) is 1. The lowest BCUT2D eigenvalue weighted by molar-refractivity contribution is -0.118. The summed E-state index contributed by atoms with van der Waals surface area (Å²) in [4.78, 5) is 32.5. The summed E-state index contributed by atoms with van der Waals surface area (Å²) in [6.07, 6.45) is 0.0429. The number of hydrogen-bond donors (Lipinski definition) is 2. The number of primary amides is 1. The van der Waals surface area contributed by atoms with E-state index >= 15 is 0 Å². The van der Waals surface area contributed by atoms with Gasteiger partial charge in [0.15, 0.2) is 5.78 Å². The maximum absolute atomic E-state index is 11.5. The van der Waals surface area contributed by atoms with Crippen molar-refractivity contribution in [1.29, 1.82) is 0 Å². The third kappa shape index (κ3) is 3.20. The Labute approximate surface area is 91.9 Å². The number of hydrogen-bond acceptors (Lipinski definition) is 3. The number of carbonyl (C=O) groups is 3. The first-order valence-corrected chi connectivity index (χ1v) is 4.65. The van der Waals surface area contributed by atoms with Gasteiger partial charge in [0.25, 0.3) is 0 Å². The molecular weight excluding hydrogens is 210 g/mol. The van der Waals surface area contributed by atoms with Crippen molar-refractivity contribution in [2.24, 2.45) is 5.73 Å². The van der Waals surface area contributed by atoms with Gasteiger partial charge in [-0.15, -0.1) is 0 Å². The quantitative estimate of drug-likeness (QED) is 0.719. The van der Waals surface area contributed by atoms with Gasteiger partial charge in [-0.25, -0.2) is 4.79 Å². The Morgan fingerprint density at radius 3 is 1.94 bits per heavy atom. The summed E-state index contributed by atoms with van der Waals surface area (Å²) in [5.74, 6) is -1.80. The standard InChI is InChI=1S/C11H11NO4/c12-10(14)6-5-9(13)7-1-3-8(4-2-7)11(15)16/h1-4H,5-6H2,(H2,12,14)(H,15,16). The van der Waals surface area contributed by atoms with Crippen molar-refractivity contribution in [3.8, 4) is 0 Å². The molecule has 0 saturated carbocycles. The molecule has 0 aliphatic carbocycles. The van der Waals surface area contributed by atoms with Crippen molar-refractivity contribution in [2.75, 3.05) is 0 Å². The summed E-state index contributed by atoms with van der Waals surface area (Å²) in [5, 5.41) is 8.64. The van der Waals surface area contributed by atoms with Crippen LogP contribution in [-0.4, -0.2) is 22.8 Å². The maximum atomic E-state index is 11.5.